The molecule has 0 radical (unpaired) electrons. The first kappa shape index (κ1) is 13.2. The van der Waals surface area contributed by atoms with Crippen LogP contribution in [0.15, 0.2) is 15.8 Å². The number of aliphatic hydroxyl groups excluding tert-OH is 1. The van der Waals surface area contributed by atoms with Crippen molar-refractivity contribution in [2.24, 2.45) is 5.92 Å². The van der Waals surface area contributed by atoms with Gasteiger partial charge in [0.15, 0.2) is 0 Å². The van der Waals surface area contributed by atoms with E-state index in [0.717, 1.165) is 6.20 Å². The van der Waals surface area contributed by atoms with E-state index in [0.29, 0.717) is 0 Å². The number of nitrogens with one attached hydrogen (secondary N) is 3. The normalized spacial score (nSPS) is 12.5. The third-order valence-electron chi connectivity index (χ3n) is 2.31. The van der Waals surface area contributed by atoms with E-state index in [1.54, 1.807) is 0 Å². The van der Waals surface area contributed by atoms with Crippen molar-refractivity contribution in [3.63, 3.8) is 0 Å². The highest BCUT2D eigenvalue weighted by Crippen LogP contribution is 1.99. The summed E-state index contributed by atoms with van der Waals surface area (Å²) in [6.07, 6.45) is 0.360. The van der Waals surface area contributed by atoms with E-state index >= 15 is 0 Å². The number of carbonyl (C=O) groups is 1. The second-order valence-electron chi connectivity index (χ2n) is 4.01. The molecule has 0 aliphatic carbocycles. The molecule has 0 saturated heterocycles. The van der Waals surface area contributed by atoms with E-state index in [-0.39, 0.29) is 18.0 Å². The molecule has 0 saturated carbocycles. The molecule has 1 amide bonds. The van der Waals surface area contributed by atoms with Crippen LogP contribution in [0.5, 0.6) is 0 Å². The lowest BCUT2D eigenvalue weighted by atomic mass is 10.1. The van der Waals surface area contributed by atoms with Gasteiger partial charge in [-0.3, -0.25) is 14.6 Å². The minimum atomic E-state index is -0.759. The average Bonchev–Trinajstić information content (AvgIpc) is 2.25. The zero-order valence-corrected chi connectivity index (χ0v) is 9.61. The Morgan fingerprint density at radius 3 is 2.65 bits per heavy atom. The highest BCUT2D eigenvalue weighted by Gasteiger charge is 2.14. The Morgan fingerprint density at radius 1 is 1.47 bits per heavy atom. The molecule has 1 atom stereocenters. The second-order valence-corrected chi connectivity index (χ2v) is 4.01. The van der Waals surface area contributed by atoms with E-state index in [4.69, 9.17) is 0 Å². The zero-order valence-electron chi connectivity index (χ0n) is 9.61. The van der Waals surface area contributed by atoms with E-state index in [9.17, 15) is 19.5 Å². The van der Waals surface area contributed by atoms with E-state index in [1.165, 1.54) is 0 Å². The van der Waals surface area contributed by atoms with Gasteiger partial charge in [0.2, 0.25) is 0 Å². The Balaban J connectivity index is 2.71. The molecule has 1 rings (SSSR count). The molecule has 7 nitrogen and oxygen atoms in total. The van der Waals surface area contributed by atoms with Gasteiger partial charge in [0, 0.05) is 12.7 Å². The van der Waals surface area contributed by atoms with Gasteiger partial charge >= 0.3 is 5.69 Å². The predicted octanol–water partition coefficient (Wildman–Crippen LogP) is -1.19. The summed E-state index contributed by atoms with van der Waals surface area (Å²) in [4.78, 5) is 37.7. The molecule has 1 aromatic rings. The first-order valence-electron chi connectivity index (χ1n) is 5.20. The summed E-state index contributed by atoms with van der Waals surface area (Å²) >= 11 is 0. The van der Waals surface area contributed by atoms with Crippen molar-refractivity contribution in [2.75, 3.05) is 6.54 Å². The largest absolute Gasteiger partial charge is 0.391 e. The van der Waals surface area contributed by atoms with Gasteiger partial charge < -0.3 is 15.4 Å². The van der Waals surface area contributed by atoms with Crippen molar-refractivity contribution in [3.05, 3.63) is 32.6 Å². The average molecular weight is 241 g/mol. The smallest absolute Gasteiger partial charge is 0.325 e. The SMILES string of the molecule is CC(C)C(O)CNC(=O)c1c[nH]c(=O)[nH]c1=O. The maximum atomic E-state index is 11.5. The minimum absolute atomic E-state index is 0.00386. The molecular formula is C10H15N3O4. The molecule has 0 aliphatic rings. The van der Waals surface area contributed by atoms with Crippen molar-refractivity contribution in [3.8, 4) is 0 Å². The maximum absolute atomic E-state index is 11.5. The molecule has 7 heteroatoms. The Labute approximate surface area is 96.9 Å². The van der Waals surface area contributed by atoms with Crippen LogP contribution in [0.1, 0.15) is 24.2 Å². The van der Waals surface area contributed by atoms with Gasteiger partial charge in [-0.15, -0.1) is 0 Å². The third-order valence-corrected chi connectivity index (χ3v) is 2.31. The molecule has 17 heavy (non-hydrogen) atoms. The molecule has 0 bridgehead atoms. The minimum Gasteiger partial charge on any atom is -0.391 e. The fraction of sp³-hybridized carbons (Fsp3) is 0.500. The van der Waals surface area contributed by atoms with Gasteiger partial charge in [0.25, 0.3) is 11.5 Å². The van der Waals surface area contributed by atoms with Gasteiger partial charge in [-0.2, -0.15) is 0 Å². The standard InChI is InChI=1S/C10H15N3O4/c1-5(2)7(14)4-11-8(15)6-3-12-10(17)13-9(6)16/h3,5,7,14H,4H2,1-2H3,(H,11,15)(H2,12,13,16,17). The fourth-order valence-corrected chi connectivity index (χ4v) is 1.11. The zero-order chi connectivity index (χ0) is 13.0. The quantitative estimate of drug-likeness (QED) is 0.530. The lowest BCUT2D eigenvalue weighted by molar-refractivity contribution is 0.0870. The van der Waals surface area contributed by atoms with Crippen LogP contribution in [0.25, 0.3) is 0 Å². The van der Waals surface area contributed by atoms with Gasteiger partial charge in [-0.05, 0) is 5.92 Å². The van der Waals surface area contributed by atoms with Gasteiger partial charge in [-0.25, -0.2) is 4.79 Å². The molecule has 4 N–H and O–H groups in total. The number of hydrogen-bond donors (Lipinski definition) is 4. The van der Waals surface area contributed by atoms with Crippen LogP contribution in [0, 0.1) is 5.92 Å². The summed E-state index contributed by atoms with van der Waals surface area (Å²) in [5.74, 6) is -0.633. The van der Waals surface area contributed by atoms with Crippen LogP contribution in [-0.4, -0.2) is 33.6 Å². The number of amides is 1. The summed E-state index contributed by atoms with van der Waals surface area (Å²) in [6, 6.07) is 0. The van der Waals surface area contributed by atoms with Crippen LogP contribution >= 0.6 is 0 Å². The predicted molar refractivity (Wildman–Crippen MR) is 60.9 cm³/mol. The molecular weight excluding hydrogens is 226 g/mol. The van der Waals surface area contributed by atoms with Crippen molar-refractivity contribution < 1.29 is 9.90 Å². The number of hydrogen-bond acceptors (Lipinski definition) is 4. The Kier molecular flexibility index (Phi) is 4.22. The van der Waals surface area contributed by atoms with Crippen LogP contribution < -0.4 is 16.6 Å². The summed E-state index contributed by atoms with van der Waals surface area (Å²) in [5, 5.41) is 11.9. The summed E-state index contributed by atoms with van der Waals surface area (Å²) in [6.45, 7) is 3.67. The van der Waals surface area contributed by atoms with Crippen LogP contribution in [-0.2, 0) is 0 Å². The van der Waals surface area contributed by atoms with E-state index in [1.807, 2.05) is 18.8 Å². The lowest BCUT2D eigenvalue weighted by Gasteiger charge is -2.14. The maximum Gasteiger partial charge on any atom is 0.325 e. The van der Waals surface area contributed by atoms with Crippen molar-refractivity contribution >= 4 is 5.91 Å². The number of aliphatic hydroxyl groups is 1. The first-order valence-corrected chi connectivity index (χ1v) is 5.20. The fourth-order valence-electron chi connectivity index (χ4n) is 1.11. The number of rotatable bonds is 4. The van der Waals surface area contributed by atoms with Crippen molar-refractivity contribution in [1.82, 2.24) is 15.3 Å². The molecule has 0 aromatic carbocycles. The van der Waals surface area contributed by atoms with Crippen molar-refractivity contribution in [1.29, 1.82) is 0 Å². The van der Waals surface area contributed by atoms with E-state index in [2.05, 4.69) is 10.3 Å². The third kappa shape index (κ3) is 3.56. The molecule has 1 aromatic heterocycles. The van der Waals surface area contributed by atoms with Crippen LogP contribution in [0.4, 0.5) is 0 Å². The van der Waals surface area contributed by atoms with Crippen molar-refractivity contribution in [2.45, 2.75) is 20.0 Å². The number of H-pyrrole nitrogens is 2. The van der Waals surface area contributed by atoms with Crippen LogP contribution in [0.2, 0.25) is 0 Å². The number of aromatic amines is 2. The molecule has 1 heterocycles. The highest BCUT2D eigenvalue weighted by molar-refractivity contribution is 5.93. The van der Waals surface area contributed by atoms with E-state index < -0.39 is 23.3 Å². The summed E-state index contributed by atoms with van der Waals surface area (Å²) in [5.41, 5.74) is -1.63. The lowest BCUT2D eigenvalue weighted by Crippen LogP contribution is -2.38. The molecule has 1 unspecified atom stereocenters. The molecule has 0 aliphatic heterocycles. The first-order chi connectivity index (χ1) is 7.91. The Bertz CT molecular complexity index is 503. The number of carbonyl (C=O) groups excluding carboxylic acids is 1. The summed E-state index contributed by atoms with van der Waals surface area (Å²) < 4.78 is 0. The molecule has 0 spiro atoms. The Morgan fingerprint density at radius 2 is 2.12 bits per heavy atom. The summed E-state index contributed by atoms with van der Waals surface area (Å²) in [7, 11) is 0. The monoisotopic (exact) mass is 241 g/mol. The van der Waals surface area contributed by atoms with Gasteiger partial charge in [0.05, 0.1) is 6.10 Å². The topological polar surface area (TPSA) is 115 Å². The molecule has 94 valence electrons. The van der Waals surface area contributed by atoms with Gasteiger partial charge in [0.1, 0.15) is 5.56 Å². The van der Waals surface area contributed by atoms with Gasteiger partial charge in [-0.1, -0.05) is 13.8 Å². The number of aromatic nitrogens is 2. The Hall–Kier alpha value is -1.89. The highest BCUT2D eigenvalue weighted by atomic mass is 16.3. The van der Waals surface area contributed by atoms with Crippen LogP contribution in [0.3, 0.4) is 0 Å². The molecule has 0 fully saturated rings. The second kappa shape index (κ2) is 5.44.